The molecule has 1 fully saturated rings. The fraction of sp³-hybridized carbons (Fsp3) is 1.00. The molecule has 1 saturated carbocycles. The van der Waals surface area contributed by atoms with Crippen LogP contribution in [0.25, 0.3) is 0 Å². The van der Waals surface area contributed by atoms with Crippen LogP contribution in [0, 0.1) is 5.41 Å². The number of hydrazine groups is 1. The molecule has 0 aromatic carbocycles. The van der Waals surface area contributed by atoms with Crippen LogP contribution < -0.4 is 11.3 Å². The van der Waals surface area contributed by atoms with E-state index < -0.39 is 0 Å². The van der Waals surface area contributed by atoms with E-state index in [1.54, 1.807) is 0 Å². The van der Waals surface area contributed by atoms with Gasteiger partial charge in [0, 0.05) is 7.11 Å². The van der Waals surface area contributed by atoms with Gasteiger partial charge in [-0.25, -0.2) is 0 Å². The van der Waals surface area contributed by atoms with Crippen molar-refractivity contribution in [3.8, 4) is 0 Å². The molecule has 0 radical (unpaired) electrons. The summed E-state index contributed by atoms with van der Waals surface area (Å²) in [5.41, 5.74) is 3.42. The summed E-state index contributed by atoms with van der Waals surface area (Å²) in [6.45, 7) is 6.90. The van der Waals surface area contributed by atoms with Crippen molar-refractivity contribution < 1.29 is 4.74 Å². The fourth-order valence-corrected chi connectivity index (χ4v) is 3.36. The Morgan fingerprint density at radius 3 is 2.16 bits per heavy atom. The highest BCUT2D eigenvalue weighted by atomic mass is 16.5. The van der Waals surface area contributed by atoms with E-state index in [-0.39, 0.29) is 11.6 Å². The van der Waals surface area contributed by atoms with Crippen LogP contribution in [0.15, 0.2) is 0 Å². The van der Waals surface area contributed by atoms with Gasteiger partial charge in [0.05, 0.1) is 11.6 Å². The van der Waals surface area contributed by atoms with E-state index >= 15 is 0 Å². The zero-order chi connectivity index (χ0) is 14.4. The maximum atomic E-state index is 5.95. The van der Waals surface area contributed by atoms with Crippen molar-refractivity contribution in [1.82, 2.24) is 5.43 Å². The van der Waals surface area contributed by atoms with E-state index in [1.807, 2.05) is 7.11 Å². The number of hydrogen-bond donors (Lipinski definition) is 2. The molecule has 0 amide bonds. The maximum absolute atomic E-state index is 5.95. The predicted octanol–water partition coefficient (Wildman–Crippen LogP) is 3.77. The predicted molar refractivity (Wildman–Crippen MR) is 81.9 cm³/mol. The summed E-state index contributed by atoms with van der Waals surface area (Å²) in [5, 5.41) is 0. The van der Waals surface area contributed by atoms with Crippen LogP contribution in [-0.4, -0.2) is 18.8 Å². The molecule has 3 N–H and O–H groups in total. The Morgan fingerprint density at radius 1 is 1.16 bits per heavy atom. The molecule has 0 aliphatic heterocycles. The molecule has 3 nitrogen and oxygen atoms in total. The molecule has 1 rings (SSSR count). The zero-order valence-electron chi connectivity index (χ0n) is 13.4. The topological polar surface area (TPSA) is 47.3 Å². The van der Waals surface area contributed by atoms with Crippen LogP contribution in [0.3, 0.4) is 0 Å². The van der Waals surface area contributed by atoms with Crippen LogP contribution in [0.1, 0.15) is 78.6 Å². The van der Waals surface area contributed by atoms with Crippen molar-refractivity contribution in [1.29, 1.82) is 0 Å². The number of nitrogens with two attached hydrogens (primary N) is 1. The first-order valence-corrected chi connectivity index (χ1v) is 7.95. The number of ether oxygens (including phenoxy) is 1. The third-order valence-corrected chi connectivity index (χ3v) is 4.61. The monoisotopic (exact) mass is 270 g/mol. The first kappa shape index (κ1) is 16.9. The second-order valence-corrected chi connectivity index (χ2v) is 7.36. The van der Waals surface area contributed by atoms with Gasteiger partial charge in [0.25, 0.3) is 0 Å². The normalized spacial score (nSPS) is 21.9. The van der Waals surface area contributed by atoms with Gasteiger partial charge in [-0.2, -0.15) is 0 Å². The Kier molecular flexibility index (Phi) is 6.78. The second-order valence-electron chi connectivity index (χ2n) is 7.36. The van der Waals surface area contributed by atoms with Gasteiger partial charge in [-0.15, -0.1) is 0 Å². The van der Waals surface area contributed by atoms with Crippen LogP contribution >= 0.6 is 0 Å². The summed E-state index contributed by atoms with van der Waals surface area (Å²) in [6, 6.07) is 0.290. The Hall–Kier alpha value is -0.120. The third kappa shape index (κ3) is 5.41. The van der Waals surface area contributed by atoms with Gasteiger partial charge >= 0.3 is 0 Å². The summed E-state index contributed by atoms with van der Waals surface area (Å²) >= 11 is 0. The van der Waals surface area contributed by atoms with E-state index in [0.717, 1.165) is 19.3 Å². The fourth-order valence-electron chi connectivity index (χ4n) is 3.36. The molecule has 0 bridgehead atoms. The molecule has 0 saturated heterocycles. The summed E-state index contributed by atoms with van der Waals surface area (Å²) in [5.74, 6) is 5.84. The highest BCUT2D eigenvalue weighted by molar-refractivity contribution is 4.93. The minimum Gasteiger partial charge on any atom is -0.377 e. The first-order chi connectivity index (χ1) is 8.93. The van der Waals surface area contributed by atoms with Gasteiger partial charge in [0.2, 0.25) is 0 Å². The van der Waals surface area contributed by atoms with Crippen LogP contribution in [0.2, 0.25) is 0 Å². The molecule has 19 heavy (non-hydrogen) atoms. The SMILES string of the molecule is COC1(C(CCCC(C)(C)C)NN)CCCCCC1. The molecule has 1 aliphatic rings. The minimum atomic E-state index is -0.0386. The van der Waals surface area contributed by atoms with E-state index in [1.165, 1.54) is 38.5 Å². The van der Waals surface area contributed by atoms with Gasteiger partial charge in [-0.1, -0.05) is 52.9 Å². The Labute approximate surface area is 119 Å². The molecule has 114 valence electrons. The highest BCUT2D eigenvalue weighted by Crippen LogP contribution is 2.35. The van der Waals surface area contributed by atoms with Gasteiger partial charge in [-0.3, -0.25) is 11.3 Å². The zero-order valence-corrected chi connectivity index (χ0v) is 13.4. The van der Waals surface area contributed by atoms with Crippen LogP contribution in [0.4, 0.5) is 0 Å². The van der Waals surface area contributed by atoms with Crippen LogP contribution in [0.5, 0.6) is 0 Å². The molecule has 1 atom stereocenters. The van der Waals surface area contributed by atoms with Gasteiger partial charge < -0.3 is 4.74 Å². The minimum absolute atomic E-state index is 0.0386. The van der Waals surface area contributed by atoms with Crippen molar-refractivity contribution in [2.45, 2.75) is 90.2 Å². The van der Waals surface area contributed by atoms with Gasteiger partial charge in [0.1, 0.15) is 0 Å². The lowest BCUT2D eigenvalue weighted by Crippen LogP contribution is -2.54. The molecular weight excluding hydrogens is 236 g/mol. The summed E-state index contributed by atoms with van der Waals surface area (Å²) in [7, 11) is 1.86. The lowest BCUT2D eigenvalue weighted by Gasteiger charge is -2.39. The lowest BCUT2D eigenvalue weighted by molar-refractivity contribution is -0.0557. The number of rotatable bonds is 6. The highest BCUT2D eigenvalue weighted by Gasteiger charge is 2.38. The average Bonchev–Trinajstić information content (AvgIpc) is 2.59. The molecule has 0 aromatic heterocycles. The van der Waals surface area contributed by atoms with Crippen molar-refractivity contribution in [2.24, 2.45) is 11.3 Å². The molecule has 0 spiro atoms. The quantitative estimate of drug-likeness (QED) is 0.439. The maximum Gasteiger partial charge on any atom is 0.0844 e. The van der Waals surface area contributed by atoms with E-state index in [4.69, 9.17) is 10.6 Å². The van der Waals surface area contributed by atoms with Crippen molar-refractivity contribution >= 4 is 0 Å². The lowest BCUT2D eigenvalue weighted by atomic mass is 9.81. The van der Waals surface area contributed by atoms with Crippen LogP contribution in [-0.2, 0) is 4.74 Å². The molecule has 3 heteroatoms. The van der Waals surface area contributed by atoms with Crippen molar-refractivity contribution in [2.75, 3.05) is 7.11 Å². The summed E-state index contributed by atoms with van der Waals surface area (Å²) in [6.07, 6.45) is 11.1. The molecule has 0 aromatic rings. The van der Waals surface area contributed by atoms with E-state index in [2.05, 4.69) is 26.2 Å². The second kappa shape index (κ2) is 7.61. The smallest absolute Gasteiger partial charge is 0.0844 e. The Morgan fingerprint density at radius 2 is 1.74 bits per heavy atom. The Balaban J connectivity index is 2.58. The van der Waals surface area contributed by atoms with E-state index in [9.17, 15) is 0 Å². The Bertz CT molecular complexity index is 240. The number of hydrogen-bond acceptors (Lipinski definition) is 3. The van der Waals surface area contributed by atoms with Crippen molar-refractivity contribution in [3.05, 3.63) is 0 Å². The molecule has 1 unspecified atom stereocenters. The first-order valence-electron chi connectivity index (χ1n) is 7.95. The van der Waals surface area contributed by atoms with Gasteiger partial charge in [0.15, 0.2) is 0 Å². The molecule has 0 heterocycles. The molecular formula is C16H34N2O. The van der Waals surface area contributed by atoms with Crippen molar-refractivity contribution in [3.63, 3.8) is 0 Å². The number of methoxy groups -OCH3 is 1. The summed E-state index contributed by atoms with van der Waals surface area (Å²) in [4.78, 5) is 0. The molecule has 1 aliphatic carbocycles. The largest absolute Gasteiger partial charge is 0.377 e. The average molecular weight is 270 g/mol. The third-order valence-electron chi connectivity index (χ3n) is 4.61. The summed E-state index contributed by atoms with van der Waals surface area (Å²) < 4.78 is 5.95. The van der Waals surface area contributed by atoms with Gasteiger partial charge in [-0.05, 0) is 31.1 Å². The standard InChI is InChI=1S/C16H34N2O/c1-15(2,3)11-9-10-14(18-17)16(19-4)12-7-5-6-8-13-16/h14,18H,5-13,17H2,1-4H3. The number of nitrogens with one attached hydrogen (secondary N) is 1. The van der Waals surface area contributed by atoms with E-state index in [0.29, 0.717) is 5.41 Å².